The van der Waals surface area contributed by atoms with E-state index in [-0.39, 0.29) is 31.6 Å². The van der Waals surface area contributed by atoms with Gasteiger partial charge in [-0.3, -0.25) is 14.4 Å². The molecule has 1 unspecified atom stereocenters. The summed E-state index contributed by atoms with van der Waals surface area (Å²) in [5, 5.41) is 0. The van der Waals surface area contributed by atoms with Crippen LogP contribution in [0.4, 0.5) is 0 Å². The number of hydrogen-bond donors (Lipinski definition) is 0. The molecule has 0 fully saturated rings. The average Bonchev–Trinajstić information content (AvgIpc) is 3.43. The van der Waals surface area contributed by atoms with E-state index in [0.717, 1.165) is 116 Å². The molecule has 6 heteroatoms. The zero-order valence-corrected chi connectivity index (χ0v) is 49.7. The van der Waals surface area contributed by atoms with E-state index in [4.69, 9.17) is 14.2 Å². The first-order valence-corrected chi connectivity index (χ1v) is 31.3. The molecular weight excluding hydrogens is 949 g/mol. The van der Waals surface area contributed by atoms with Crippen molar-refractivity contribution in [2.45, 2.75) is 271 Å². The summed E-state index contributed by atoms with van der Waals surface area (Å²) in [7, 11) is 0. The normalized spacial score (nSPS) is 13.1. The summed E-state index contributed by atoms with van der Waals surface area (Å²) in [6, 6.07) is 0. The van der Waals surface area contributed by atoms with Gasteiger partial charge in [-0.15, -0.1) is 0 Å². The van der Waals surface area contributed by atoms with Crippen LogP contribution in [0.1, 0.15) is 265 Å². The second-order valence-electron chi connectivity index (χ2n) is 20.2. The summed E-state index contributed by atoms with van der Waals surface area (Å²) in [4.78, 5) is 38.2. The van der Waals surface area contributed by atoms with Crippen molar-refractivity contribution in [3.8, 4) is 0 Å². The highest BCUT2D eigenvalue weighted by molar-refractivity contribution is 5.72. The Labute approximate surface area is 474 Å². The maximum atomic E-state index is 12.9. The number of esters is 3. The van der Waals surface area contributed by atoms with Gasteiger partial charge in [0.05, 0.1) is 6.42 Å². The van der Waals surface area contributed by atoms with Gasteiger partial charge in [-0.1, -0.05) is 269 Å². The van der Waals surface area contributed by atoms with E-state index < -0.39 is 12.1 Å². The Morgan fingerprint density at radius 3 is 0.909 bits per heavy atom. The smallest absolute Gasteiger partial charge is 0.309 e. The van der Waals surface area contributed by atoms with Crippen LogP contribution in [-0.4, -0.2) is 37.2 Å². The summed E-state index contributed by atoms with van der Waals surface area (Å²) in [5.74, 6) is -1.07. The number of rotatable bonds is 55. The van der Waals surface area contributed by atoms with Crippen molar-refractivity contribution in [3.63, 3.8) is 0 Å². The lowest BCUT2D eigenvalue weighted by Gasteiger charge is -2.18. The van der Waals surface area contributed by atoms with Gasteiger partial charge in [0.2, 0.25) is 0 Å². The van der Waals surface area contributed by atoms with Crippen LogP contribution < -0.4 is 0 Å². The second kappa shape index (κ2) is 63.8. The van der Waals surface area contributed by atoms with E-state index >= 15 is 0 Å². The van der Waals surface area contributed by atoms with Crippen molar-refractivity contribution in [1.29, 1.82) is 0 Å². The maximum absolute atomic E-state index is 12.9. The van der Waals surface area contributed by atoms with E-state index in [9.17, 15) is 14.4 Å². The predicted octanol–water partition coefficient (Wildman–Crippen LogP) is 21.5. The standard InChI is InChI=1S/C71H114O6/c1-4-7-10-13-16-19-22-25-28-30-32-34-35-37-38-40-43-46-49-52-55-58-61-64-70(73)76-67-68(66-75-69(72)63-60-57-54-51-48-45-42-27-24-21-18-15-12-9-6-3)77-71(74)65-62-59-56-53-50-47-44-41-39-36-33-31-29-26-23-20-17-14-11-8-5-2/h7,9-10,12,16,18-19,21,23,25-28,31-34,37-38,42,48,51,57,60,68H,4-6,8,11,13-15,17,20,22,24,29-30,35-36,39-41,43-47,49-50,52-56,58-59,61-67H2,1-3H3/b10-7-,12-9-,19-16-,21-18-,26-23-,28-25-,33-31-,34-32-,38-37-,42-27-,51-48-,60-57-. The molecule has 0 saturated heterocycles. The molecule has 0 aromatic carbocycles. The van der Waals surface area contributed by atoms with Crippen molar-refractivity contribution in [1.82, 2.24) is 0 Å². The number of unbranched alkanes of at least 4 members (excludes halogenated alkanes) is 21. The highest BCUT2D eigenvalue weighted by Crippen LogP contribution is 2.15. The van der Waals surface area contributed by atoms with Crippen LogP contribution in [0, 0.1) is 0 Å². The molecule has 0 aliphatic carbocycles. The molecule has 0 aromatic heterocycles. The topological polar surface area (TPSA) is 78.9 Å². The van der Waals surface area contributed by atoms with Gasteiger partial charge in [0.15, 0.2) is 6.10 Å². The lowest BCUT2D eigenvalue weighted by Crippen LogP contribution is -2.30. The average molecular weight is 1060 g/mol. The molecule has 0 heterocycles. The molecule has 6 nitrogen and oxygen atoms in total. The van der Waals surface area contributed by atoms with Gasteiger partial charge in [0.25, 0.3) is 0 Å². The van der Waals surface area contributed by atoms with Crippen molar-refractivity contribution < 1.29 is 28.6 Å². The molecule has 0 N–H and O–H groups in total. The zero-order valence-electron chi connectivity index (χ0n) is 49.7. The molecule has 77 heavy (non-hydrogen) atoms. The molecular formula is C71H114O6. The van der Waals surface area contributed by atoms with Gasteiger partial charge >= 0.3 is 17.9 Å². The molecule has 0 aromatic rings. The predicted molar refractivity (Wildman–Crippen MR) is 334 cm³/mol. The molecule has 0 aliphatic rings. The van der Waals surface area contributed by atoms with E-state index in [1.165, 1.54) is 109 Å². The second-order valence-corrected chi connectivity index (χ2v) is 20.2. The molecule has 0 spiro atoms. The number of hydrogen-bond acceptors (Lipinski definition) is 6. The number of ether oxygens (including phenoxy) is 3. The van der Waals surface area contributed by atoms with Crippen LogP contribution in [0.3, 0.4) is 0 Å². The first kappa shape index (κ1) is 72.3. The molecule has 0 aliphatic heterocycles. The maximum Gasteiger partial charge on any atom is 0.309 e. The Morgan fingerprint density at radius 1 is 0.286 bits per heavy atom. The molecule has 0 bridgehead atoms. The Hall–Kier alpha value is -4.71. The van der Waals surface area contributed by atoms with Crippen LogP contribution in [0.2, 0.25) is 0 Å². The molecule has 0 radical (unpaired) electrons. The Morgan fingerprint density at radius 2 is 0.558 bits per heavy atom. The van der Waals surface area contributed by atoms with Crippen molar-refractivity contribution in [3.05, 3.63) is 146 Å². The highest BCUT2D eigenvalue weighted by atomic mass is 16.6. The Balaban J connectivity index is 4.49. The number of carbonyl (C=O) groups excluding carboxylic acids is 3. The third-order valence-electron chi connectivity index (χ3n) is 12.8. The lowest BCUT2D eigenvalue weighted by molar-refractivity contribution is -0.166. The van der Waals surface area contributed by atoms with Crippen LogP contribution >= 0.6 is 0 Å². The quantitative estimate of drug-likeness (QED) is 0.0261. The van der Waals surface area contributed by atoms with Crippen LogP contribution in [0.25, 0.3) is 0 Å². The molecule has 0 saturated carbocycles. The van der Waals surface area contributed by atoms with Gasteiger partial charge in [-0.2, -0.15) is 0 Å². The first-order chi connectivity index (χ1) is 38.0. The van der Waals surface area contributed by atoms with Crippen molar-refractivity contribution in [2.24, 2.45) is 0 Å². The third kappa shape index (κ3) is 62.0. The zero-order chi connectivity index (χ0) is 55.7. The van der Waals surface area contributed by atoms with Crippen molar-refractivity contribution in [2.75, 3.05) is 13.2 Å². The minimum atomic E-state index is -0.833. The Bertz CT molecular complexity index is 1700. The third-order valence-corrected chi connectivity index (χ3v) is 12.8. The monoisotopic (exact) mass is 1060 g/mol. The van der Waals surface area contributed by atoms with E-state index in [1.807, 2.05) is 6.08 Å². The van der Waals surface area contributed by atoms with E-state index in [1.54, 1.807) is 6.08 Å². The van der Waals surface area contributed by atoms with Gasteiger partial charge in [0, 0.05) is 12.8 Å². The van der Waals surface area contributed by atoms with Gasteiger partial charge in [-0.05, 0) is 122 Å². The Kier molecular flexibility index (Phi) is 59.9. The SMILES string of the molecule is CC/C=C\C/C=C\C/C=C\C/C=C\C/C=C\CCCCCCCCCC(=O)OCC(COC(=O)C/C=C\C/C=C\C/C=C\C/C=C\C/C=C\CC)OC(=O)CCCCCCCCCCC/C=C\C/C=C\CCCCCCC. The van der Waals surface area contributed by atoms with E-state index in [0.29, 0.717) is 12.8 Å². The van der Waals surface area contributed by atoms with Crippen LogP contribution in [-0.2, 0) is 28.6 Å². The summed E-state index contributed by atoms with van der Waals surface area (Å²) >= 11 is 0. The van der Waals surface area contributed by atoms with Crippen molar-refractivity contribution >= 4 is 17.9 Å². The highest BCUT2D eigenvalue weighted by Gasteiger charge is 2.19. The van der Waals surface area contributed by atoms with Gasteiger partial charge in [0.1, 0.15) is 13.2 Å². The van der Waals surface area contributed by atoms with Crippen LogP contribution in [0.5, 0.6) is 0 Å². The van der Waals surface area contributed by atoms with E-state index in [2.05, 4.69) is 154 Å². The summed E-state index contributed by atoms with van der Waals surface area (Å²) in [6.45, 7) is 6.30. The summed E-state index contributed by atoms with van der Waals surface area (Å²) in [5.41, 5.74) is 0. The number of allylic oxidation sites excluding steroid dienone is 23. The fraction of sp³-hybridized carbons (Fsp3) is 0.620. The van der Waals surface area contributed by atoms with Crippen LogP contribution in [0.15, 0.2) is 146 Å². The fourth-order valence-electron chi connectivity index (χ4n) is 8.22. The fourth-order valence-corrected chi connectivity index (χ4v) is 8.22. The molecule has 434 valence electrons. The number of carbonyl (C=O) groups is 3. The minimum Gasteiger partial charge on any atom is -0.462 e. The lowest BCUT2D eigenvalue weighted by atomic mass is 10.1. The molecule has 1 atom stereocenters. The summed E-state index contributed by atoms with van der Waals surface area (Å²) < 4.78 is 16.8. The van der Waals surface area contributed by atoms with Gasteiger partial charge in [-0.25, -0.2) is 0 Å². The minimum absolute atomic E-state index is 0.118. The summed E-state index contributed by atoms with van der Waals surface area (Å²) in [6.07, 6.45) is 91.5. The van der Waals surface area contributed by atoms with Gasteiger partial charge < -0.3 is 14.2 Å². The largest absolute Gasteiger partial charge is 0.462 e. The molecule has 0 rings (SSSR count). The molecule has 0 amide bonds. The first-order valence-electron chi connectivity index (χ1n) is 31.3.